The summed E-state index contributed by atoms with van der Waals surface area (Å²) >= 11 is 0. The Morgan fingerprint density at radius 2 is 2.50 bits per heavy atom. The molecule has 0 saturated carbocycles. The van der Waals surface area contributed by atoms with E-state index in [1.807, 2.05) is 7.05 Å². The summed E-state index contributed by atoms with van der Waals surface area (Å²) in [6, 6.07) is 0.419. The van der Waals surface area contributed by atoms with Crippen LogP contribution in [0, 0.1) is 0 Å². The molecular formula is C10H16F2N4. The predicted molar refractivity (Wildman–Crippen MR) is 56.2 cm³/mol. The molecular weight excluding hydrogens is 214 g/mol. The van der Waals surface area contributed by atoms with Gasteiger partial charge in [0.1, 0.15) is 5.82 Å². The van der Waals surface area contributed by atoms with Crippen LogP contribution in [0.1, 0.15) is 18.8 Å². The zero-order valence-corrected chi connectivity index (χ0v) is 9.24. The lowest BCUT2D eigenvalue weighted by Crippen LogP contribution is -2.33. The predicted octanol–water partition coefficient (Wildman–Crippen LogP) is 1.07. The molecule has 4 nitrogen and oxygen atoms in total. The second kappa shape index (κ2) is 4.88. The first-order valence-corrected chi connectivity index (χ1v) is 5.39. The van der Waals surface area contributed by atoms with Gasteiger partial charge in [0.15, 0.2) is 0 Å². The first-order valence-electron chi connectivity index (χ1n) is 5.39. The maximum Gasteiger partial charge on any atom is 0.319 e. The van der Waals surface area contributed by atoms with E-state index in [1.54, 1.807) is 0 Å². The highest BCUT2D eigenvalue weighted by atomic mass is 19.3. The van der Waals surface area contributed by atoms with E-state index in [9.17, 15) is 8.78 Å². The van der Waals surface area contributed by atoms with Crippen LogP contribution in [-0.2, 0) is 6.54 Å². The number of aromatic nitrogens is 2. The summed E-state index contributed by atoms with van der Waals surface area (Å²) in [4.78, 5) is 6.04. The number of hydrogen-bond acceptors (Lipinski definition) is 3. The summed E-state index contributed by atoms with van der Waals surface area (Å²) in [7, 11) is 1.95. The maximum absolute atomic E-state index is 12.6. The van der Waals surface area contributed by atoms with Crippen LogP contribution in [0.25, 0.3) is 0 Å². The normalized spacial score (nSPS) is 21.2. The van der Waals surface area contributed by atoms with Gasteiger partial charge in [-0.3, -0.25) is 9.47 Å². The first kappa shape index (κ1) is 11.5. The molecule has 2 rings (SSSR count). The fourth-order valence-corrected chi connectivity index (χ4v) is 2.01. The third kappa shape index (κ3) is 2.38. The van der Waals surface area contributed by atoms with Crippen molar-refractivity contribution in [2.24, 2.45) is 0 Å². The first-order chi connectivity index (χ1) is 7.68. The van der Waals surface area contributed by atoms with Crippen molar-refractivity contribution < 1.29 is 8.78 Å². The lowest BCUT2D eigenvalue weighted by molar-refractivity contribution is 0.0636. The third-order valence-electron chi connectivity index (χ3n) is 3.01. The van der Waals surface area contributed by atoms with Crippen LogP contribution in [0.15, 0.2) is 12.4 Å². The molecule has 0 aromatic carbocycles. The fourth-order valence-electron chi connectivity index (χ4n) is 2.01. The number of rotatable bonds is 4. The molecule has 0 amide bonds. The van der Waals surface area contributed by atoms with E-state index in [0.717, 1.165) is 24.1 Å². The molecule has 1 N–H and O–H groups in total. The zero-order chi connectivity index (χ0) is 11.5. The third-order valence-corrected chi connectivity index (χ3v) is 3.01. The van der Waals surface area contributed by atoms with Gasteiger partial charge in [-0.2, -0.15) is 8.78 Å². The quantitative estimate of drug-likeness (QED) is 0.840. The highest BCUT2D eigenvalue weighted by Crippen LogP contribution is 2.15. The molecule has 6 heteroatoms. The van der Waals surface area contributed by atoms with Crippen LogP contribution < -0.4 is 5.32 Å². The molecule has 1 atom stereocenters. The summed E-state index contributed by atoms with van der Waals surface area (Å²) in [6.45, 7) is -0.124. The average Bonchev–Trinajstić information content (AvgIpc) is 2.86. The zero-order valence-electron chi connectivity index (χ0n) is 9.24. The van der Waals surface area contributed by atoms with Gasteiger partial charge in [-0.05, 0) is 20.0 Å². The Labute approximate surface area is 93.3 Å². The van der Waals surface area contributed by atoms with Gasteiger partial charge in [0.2, 0.25) is 0 Å². The average molecular weight is 230 g/mol. The number of imidazole rings is 1. The second-order valence-corrected chi connectivity index (χ2v) is 4.09. The van der Waals surface area contributed by atoms with Crippen molar-refractivity contribution in [1.82, 2.24) is 19.8 Å². The Hall–Kier alpha value is -1.01. The number of hydrogen-bond donors (Lipinski definition) is 1. The van der Waals surface area contributed by atoms with E-state index in [1.165, 1.54) is 12.4 Å². The van der Waals surface area contributed by atoms with Crippen LogP contribution >= 0.6 is 0 Å². The summed E-state index contributed by atoms with van der Waals surface area (Å²) in [5, 5.41) is 3.25. The topological polar surface area (TPSA) is 33.1 Å². The fraction of sp³-hybridized carbons (Fsp3) is 0.700. The largest absolute Gasteiger partial charge is 0.319 e. The lowest BCUT2D eigenvalue weighted by atomic mass is 10.2. The Morgan fingerprint density at radius 3 is 3.12 bits per heavy atom. The minimum Gasteiger partial charge on any atom is -0.315 e. The van der Waals surface area contributed by atoms with Gasteiger partial charge in [0.25, 0.3) is 0 Å². The van der Waals surface area contributed by atoms with E-state index in [4.69, 9.17) is 0 Å². The van der Waals surface area contributed by atoms with E-state index >= 15 is 0 Å². The van der Waals surface area contributed by atoms with Gasteiger partial charge in [-0.1, -0.05) is 0 Å². The van der Waals surface area contributed by atoms with Crippen molar-refractivity contribution in [3.05, 3.63) is 18.2 Å². The van der Waals surface area contributed by atoms with Gasteiger partial charge in [-0.25, -0.2) is 4.98 Å². The van der Waals surface area contributed by atoms with Crippen molar-refractivity contribution in [2.45, 2.75) is 25.6 Å². The molecule has 0 bridgehead atoms. The molecule has 1 aromatic heterocycles. The van der Waals surface area contributed by atoms with Gasteiger partial charge in [-0.15, -0.1) is 0 Å². The van der Waals surface area contributed by atoms with Gasteiger partial charge >= 0.3 is 6.55 Å². The van der Waals surface area contributed by atoms with Crippen molar-refractivity contribution in [2.75, 3.05) is 20.1 Å². The highest BCUT2D eigenvalue weighted by molar-refractivity contribution is 4.94. The molecule has 0 radical (unpaired) electrons. The molecule has 2 heterocycles. The van der Waals surface area contributed by atoms with Gasteiger partial charge in [0, 0.05) is 25.0 Å². The molecule has 16 heavy (non-hydrogen) atoms. The van der Waals surface area contributed by atoms with Crippen LogP contribution in [-0.4, -0.2) is 40.6 Å². The van der Waals surface area contributed by atoms with Crippen molar-refractivity contribution in [3.63, 3.8) is 0 Å². The SMILES string of the molecule is CN(Cc1nccn1C(F)F)C1CCNC1. The molecule has 1 aromatic rings. The number of alkyl halides is 2. The minimum absolute atomic E-state index is 0.419. The molecule has 1 aliphatic rings. The lowest BCUT2D eigenvalue weighted by Gasteiger charge is -2.23. The molecule has 0 aliphatic carbocycles. The van der Waals surface area contributed by atoms with E-state index < -0.39 is 6.55 Å². The van der Waals surface area contributed by atoms with Gasteiger partial charge in [0.05, 0.1) is 6.54 Å². The van der Waals surface area contributed by atoms with E-state index in [2.05, 4.69) is 15.2 Å². The molecule has 0 spiro atoms. The van der Waals surface area contributed by atoms with Gasteiger partial charge < -0.3 is 5.32 Å². The minimum atomic E-state index is -2.51. The van der Waals surface area contributed by atoms with Crippen LogP contribution in [0.5, 0.6) is 0 Å². The highest BCUT2D eigenvalue weighted by Gasteiger charge is 2.21. The number of nitrogens with one attached hydrogen (secondary N) is 1. The molecule has 1 fully saturated rings. The van der Waals surface area contributed by atoms with Crippen LogP contribution in [0.4, 0.5) is 8.78 Å². The standard InChI is InChI=1S/C10H16F2N4/c1-15(8-2-3-13-6-8)7-9-14-4-5-16(9)10(11)12/h4-5,8,10,13H,2-3,6-7H2,1H3. The van der Waals surface area contributed by atoms with E-state index in [-0.39, 0.29) is 0 Å². The Bertz CT molecular complexity index is 333. The number of nitrogens with zero attached hydrogens (tertiary/aromatic N) is 3. The molecule has 90 valence electrons. The Morgan fingerprint density at radius 1 is 1.69 bits per heavy atom. The molecule has 1 unspecified atom stereocenters. The van der Waals surface area contributed by atoms with Crippen molar-refractivity contribution >= 4 is 0 Å². The monoisotopic (exact) mass is 230 g/mol. The Balaban J connectivity index is 1.99. The maximum atomic E-state index is 12.6. The number of likely N-dealkylation sites (N-methyl/N-ethyl adjacent to an activating group) is 1. The second-order valence-electron chi connectivity index (χ2n) is 4.09. The Kier molecular flexibility index (Phi) is 3.50. The summed E-state index contributed by atoms with van der Waals surface area (Å²) in [5.41, 5.74) is 0. The van der Waals surface area contributed by atoms with E-state index in [0.29, 0.717) is 18.4 Å². The smallest absolute Gasteiger partial charge is 0.315 e. The summed E-state index contributed by atoms with van der Waals surface area (Å²) in [6.07, 6.45) is 3.80. The van der Waals surface area contributed by atoms with Crippen LogP contribution in [0.2, 0.25) is 0 Å². The number of halogens is 2. The summed E-state index contributed by atoms with van der Waals surface area (Å²) in [5.74, 6) is 0.421. The van der Waals surface area contributed by atoms with Crippen molar-refractivity contribution in [3.8, 4) is 0 Å². The molecule has 1 aliphatic heterocycles. The summed E-state index contributed by atoms with van der Waals surface area (Å²) < 4.78 is 26.1. The van der Waals surface area contributed by atoms with Crippen LogP contribution in [0.3, 0.4) is 0 Å². The van der Waals surface area contributed by atoms with Crippen molar-refractivity contribution in [1.29, 1.82) is 0 Å². The molecule has 1 saturated heterocycles.